The zero-order chi connectivity index (χ0) is 16.6. The van der Waals surface area contributed by atoms with Crippen LogP contribution in [0.15, 0.2) is 45.8 Å². The monoisotopic (exact) mass is 325 g/mol. The van der Waals surface area contributed by atoms with Gasteiger partial charge in [0.05, 0.1) is 11.4 Å². The summed E-state index contributed by atoms with van der Waals surface area (Å²) in [6, 6.07) is 5.83. The second kappa shape index (κ2) is 5.81. The quantitative estimate of drug-likeness (QED) is 0.833. The molecule has 0 aliphatic carbocycles. The van der Waals surface area contributed by atoms with Crippen LogP contribution in [0, 0.1) is 18.6 Å². The second-order valence-corrected chi connectivity index (χ2v) is 5.72. The molecule has 0 radical (unpaired) electrons. The number of aromatic amines is 1. The van der Waals surface area contributed by atoms with Crippen LogP contribution >= 0.6 is 12.2 Å². The van der Waals surface area contributed by atoms with E-state index < -0.39 is 5.56 Å². The molecule has 0 fully saturated rings. The maximum absolute atomic E-state index is 12.2. The molecule has 1 aliphatic rings. The van der Waals surface area contributed by atoms with E-state index >= 15 is 0 Å². The van der Waals surface area contributed by atoms with E-state index in [-0.39, 0.29) is 16.2 Å². The number of nitrogens with zero attached hydrogens (tertiary/aromatic N) is 2. The van der Waals surface area contributed by atoms with Gasteiger partial charge in [-0.2, -0.15) is 0 Å². The van der Waals surface area contributed by atoms with Gasteiger partial charge in [0.1, 0.15) is 5.56 Å². The summed E-state index contributed by atoms with van der Waals surface area (Å²) in [5, 5.41) is 10.6. The maximum Gasteiger partial charge on any atom is 0.262 e. The molecule has 23 heavy (non-hydrogen) atoms. The highest BCUT2D eigenvalue weighted by molar-refractivity contribution is 7.71. The lowest BCUT2D eigenvalue weighted by molar-refractivity contribution is 0.431. The Morgan fingerprint density at radius 3 is 2.83 bits per heavy atom. The van der Waals surface area contributed by atoms with Crippen molar-refractivity contribution in [2.75, 3.05) is 0 Å². The molecule has 2 aromatic rings. The number of nitrogens with one attached hydrogen (secondary N) is 1. The van der Waals surface area contributed by atoms with E-state index in [2.05, 4.69) is 9.98 Å². The number of benzene rings is 1. The number of H-pyrrole nitrogens is 1. The zero-order valence-corrected chi connectivity index (χ0v) is 13.5. The Morgan fingerprint density at radius 1 is 1.35 bits per heavy atom. The average molecular weight is 325 g/mol. The van der Waals surface area contributed by atoms with Crippen molar-refractivity contribution in [3.8, 4) is 11.6 Å². The first kappa shape index (κ1) is 15.2. The molecule has 0 bridgehead atoms. The molecule has 0 saturated heterocycles. The first-order valence-electron chi connectivity index (χ1n) is 7.06. The SMILES string of the molecule is Cc1ccc(C)c(-n2c(O)c(/C=C3/C=CC=N3)c(=O)[nH]c2=S)c1. The molecule has 6 heteroatoms. The van der Waals surface area contributed by atoms with Crippen LogP contribution in [0.1, 0.15) is 16.7 Å². The highest BCUT2D eigenvalue weighted by atomic mass is 32.1. The van der Waals surface area contributed by atoms with Crippen LogP contribution in [0.4, 0.5) is 0 Å². The van der Waals surface area contributed by atoms with Gasteiger partial charge in [0.25, 0.3) is 5.56 Å². The standard InChI is InChI=1S/C17H15N3O2S/c1-10-5-6-11(2)14(8-10)20-16(22)13(15(21)19-17(20)23)9-12-4-3-7-18-12/h3-9,22H,1-2H3,(H,19,21,23)/b12-9-. The topological polar surface area (TPSA) is 70.4 Å². The van der Waals surface area contributed by atoms with Gasteiger partial charge in [-0.15, -0.1) is 0 Å². The van der Waals surface area contributed by atoms with E-state index in [0.29, 0.717) is 5.70 Å². The third-order valence-corrected chi connectivity index (χ3v) is 3.88. The largest absolute Gasteiger partial charge is 0.494 e. The predicted molar refractivity (Wildman–Crippen MR) is 94.0 cm³/mol. The summed E-state index contributed by atoms with van der Waals surface area (Å²) in [6.07, 6.45) is 6.67. The number of rotatable bonds is 2. The van der Waals surface area contributed by atoms with Crippen LogP contribution in [0.3, 0.4) is 0 Å². The minimum Gasteiger partial charge on any atom is -0.494 e. The Bertz CT molecular complexity index is 980. The van der Waals surface area contributed by atoms with Crippen LogP contribution in [-0.4, -0.2) is 20.9 Å². The fraction of sp³-hybridized carbons (Fsp3) is 0.118. The van der Waals surface area contributed by atoms with Gasteiger partial charge >= 0.3 is 0 Å². The van der Waals surface area contributed by atoms with Gasteiger partial charge in [0, 0.05) is 6.21 Å². The van der Waals surface area contributed by atoms with Crippen LogP contribution in [0.5, 0.6) is 5.88 Å². The summed E-state index contributed by atoms with van der Waals surface area (Å²) in [5.41, 5.74) is 2.97. The van der Waals surface area contributed by atoms with E-state index in [9.17, 15) is 9.90 Å². The zero-order valence-electron chi connectivity index (χ0n) is 12.7. The lowest BCUT2D eigenvalue weighted by atomic mass is 10.1. The lowest BCUT2D eigenvalue weighted by Gasteiger charge is -2.14. The molecule has 5 nitrogen and oxygen atoms in total. The van der Waals surface area contributed by atoms with Crippen LogP contribution in [-0.2, 0) is 0 Å². The minimum absolute atomic E-state index is 0.123. The van der Waals surface area contributed by atoms with Gasteiger partial charge in [-0.1, -0.05) is 12.1 Å². The van der Waals surface area contributed by atoms with Gasteiger partial charge < -0.3 is 5.11 Å². The van der Waals surface area contributed by atoms with Crippen molar-refractivity contribution < 1.29 is 5.11 Å². The summed E-state index contributed by atoms with van der Waals surface area (Å²) in [7, 11) is 0. The van der Waals surface area contributed by atoms with Crippen molar-refractivity contribution in [3.63, 3.8) is 0 Å². The minimum atomic E-state index is -0.447. The van der Waals surface area contributed by atoms with Crippen LogP contribution in [0.25, 0.3) is 11.8 Å². The number of aliphatic imine (C=N–C) groups is 1. The molecule has 2 heterocycles. The smallest absolute Gasteiger partial charge is 0.262 e. The molecule has 1 aliphatic heterocycles. The van der Waals surface area contributed by atoms with Gasteiger partial charge in [-0.25, -0.2) is 0 Å². The van der Waals surface area contributed by atoms with Crippen molar-refractivity contribution in [2.45, 2.75) is 13.8 Å². The molecule has 0 saturated carbocycles. The van der Waals surface area contributed by atoms with E-state index in [1.54, 1.807) is 18.4 Å². The fourth-order valence-corrected chi connectivity index (χ4v) is 2.68. The number of aromatic hydroxyl groups is 1. The van der Waals surface area contributed by atoms with Gasteiger partial charge in [0.15, 0.2) is 4.77 Å². The van der Waals surface area contributed by atoms with E-state index in [1.807, 2.05) is 32.0 Å². The van der Waals surface area contributed by atoms with Crippen molar-refractivity contribution in [1.82, 2.24) is 9.55 Å². The Kier molecular flexibility index (Phi) is 3.83. The van der Waals surface area contributed by atoms with Crippen molar-refractivity contribution in [1.29, 1.82) is 0 Å². The summed E-state index contributed by atoms with van der Waals surface area (Å²) < 4.78 is 1.61. The van der Waals surface area contributed by atoms with Crippen molar-refractivity contribution >= 4 is 24.5 Å². The molecule has 3 rings (SSSR count). The summed E-state index contributed by atoms with van der Waals surface area (Å²) >= 11 is 5.24. The third-order valence-electron chi connectivity index (χ3n) is 3.60. The Morgan fingerprint density at radius 2 is 2.13 bits per heavy atom. The number of allylic oxidation sites excluding steroid dienone is 2. The predicted octanol–water partition coefficient (Wildman–Crippen LogP) is 3.20. The Labute approximate surface area is 138 Å². The maximum atomic E-state index is 12.2. The molecule has 0 amide bonds. The summed E-state index contributed by atoms with van der Waals surface area (Å²) in [4.78, 5) is 18.9. The van der Waals surface area contributed by atoms with Crippen LogP contribution in [0.2, 0.25) is 0 Å². The average Bonchev–Trinajstić information content (AvgIpc) is 3.00. The van der Waals surface area contributed by atoms with Crippen molar-refractivity contribution in [3.05, 3.63) is 67.9 Å². The van der Waals surface area contributed by atoms with Gasteiger partial charge in [-0.05, 0) is 61.5 Å². The fourth-order valence-electron chi connectivity index (χ4n) is 2.40. The van der Waals surface area contributed by atoms with E-state index in [0.717, 1.165) is 16.8 Å². The number of hydrogen-bond donors (Lipinski definition) is 2. The second-order valence-electron chi connectivity index (χ2n) is 5.33. The van der Waals surface area contributed by atoms with Gasteiger partial charge in [-0.3, -0.25) is 19.3 Å². The van der Waals surface area contributed by atoms with E-state index in [1.165, 1.54) is 10.6 Å². The first-order valence-corrected chi connectivity index (χ1v) is 7.46. The number of hydrogen-bond acceptors (Lipinski definition) is 4. The van der Waals surface area contributed by atoms with Gasteiger partial charge in [0.2, 0.25) is 5.88 Å². The van der Waals surface area contributed by atoms with Crippen LogP contribution < -0.4 is 5.56 Å². The molecule has 1 aromatic heterocycles. The van der Waals surface area contributed by atoms with E-state index in [4.69, 9.17) is 12.2 Å². The first-order chi connectivity index (χ1) is 11.0. The number of aromatic nitrogens is 2. The highest BCUT2D eigenvalue weighted by Crippen LogP contribution is 2.25. The third kappa shape index (κ3) is 2.80. The highest BCUT2D eigenvalue weighted by Gasteiger charge is 2.14. The molecule has 0 unspecified atom stereocenters. The molecule has 2 N–H and O–H groups in total. The Hall–Kier alpha value is -2.73. The molecular formula is C17H15N3O2S. The summed E-state index contributed by atoms with van der Waals surface area (Å²) in [5.74, 6) is -0.199. The molecular weight excluding hydrogens is 310 g/mol. The molecule has 0 spiro atoms. The summed E-state index contributed by atoms with van der Waals surface area (Å²) in [6.45, 7) is 3.87. The molecule has 116 valence electrons. The Balaban J connectivity index is 2.30. The normalized spacial score (nSPS) is 14.8. The lowest BCUT2D eigenvalue weighted by Crippen LogP contribution is -2.16. The number of aryl methyl sites for hydroxylation is 2. The molecule has 1 aromatic carbocycles. The molecule has 0 atom stereocenters. The van der Waals surface area contributed by atoms with Crippen molar-refractivity contribution in [2.24, 2.45) is 4.99 Å².